The maximum Gasteiger partial charge on any atom is 0.0848 e. The molecule has 1 saturated heterocycles. The quantitative estimate of drug-likeness (QED) is 0.865. The SMILES string of the molecule is CCCNC(c1ccccc1C)C1(C)CCCCO1. The van der Waals surface area contributed by atoms with E-state index >= 15 is 0 Å². The zero-order chi connectivity index (χ0) is 13.7. The fraction of sp³-hybridized carbons (Fsp3) is 0.647. The van der Waals surface area contributed by atoms with Gasteiger partial charge in [-0.3, -0.25) is 0 Å². The van der Waals surface area contributed by atoms with Gasteiger partial charge in [-0.2, -0.15) is 0 Å². The van der Waals surface area contributed by atoms with E-state index in [4.69, 9.17) is 4.74 Å². The maximum atomic E-state index is 6.17. The standard InChI is InChI=1S/C17H27NO/c1-4-12-18-16(15-10-6-5-9-14(15)2)17(3)11-7-8-13-19-17/h5-6,9-10,16,18H,4,7-8,11-13H2,1-3H3. The number of hydrogen-bond donors (Lipinski definition) is 1. The molecule has 2 unspecified atom stereocenters. The molecule has 2 nitrogen and oxygen atoms in total. The summed E-state index contributed by atoms with van der Waals surface area (Å²) in [5.41, 5.74) is 2.67. The Balaban J connectivity index is 2.27. The summed E-state index contributed by atoms with van der Waals surface area (Å²) in [4.78, 5) is 0. The number of benzene rings is 1. The summed E-state index contributed by atoms with van der Waals surface area (Å²) < 4.78 is 6.17. The molecule has 1 aliphatic rings. The molecular formula is C17H27NO. The van der Waals surface area contributed by atoms with Crippen molar-refractivity contribution < 1.29 is 4.74 Å². The Morgan fingerprint density at radius 1 is 1.32 bits per heavy atom. The predicted molar refractivity (Wildman–Crippen MR) is 80.4 cm³/mol. The molecule has 2 atom stereocenters. The predicted octanol–water partition coefficient (Wildman–Crippen LogP) is 3.99. The molecule has 1 aromatic rings. The van der Waals surface area contributed by atoms with E-state index in [-0.39, 0.29) is 5.60 Å². The second-order valence-corrected chi connectivity index (χ2v) is 5.86. The third-order valence-electron chi connectivity index (χ3n) is 4.21. The van der Waals surface area contributed by atoms with Gasteiger partial charge < -0.3 is 10.1 Å². The second-order valence-electron chi connectivity index (χ2n) is 5.86. The lowest BCUT2D eigenvalue weighted by atomic mass is 9.82. The van der Waals surface area contributed by atoms with E-state index in [1.54, 1.807) is 0 Å². The largest absolute Gasteiger partial charge is 0.373 e. The van der Waals surface area contributed by atoms with E-state index in [1.807, 2.05) is 0 Å². The van der Waals surface area contributed by atoms with Gasteiger partial charge in [0.2, 0.25) is 0 Å². The van der Waals surface area contributed by atoms with Gasteiger partial charge in [-0.25, -0.2) is 0 Å². The fourth-order valence-corrected chi connectivity index (χ4v) is 3.04. The third kappa shape index (κ3) is 3.37. The van der Waals surface area contributed by atoms with Crippen molar-refractivity contribution in [1.29, 1.82) is 0 Å². The highest BCUT2D eigenvalue weighted by Gasteiger charge is 2.37. The van der Waals surface area contributed by atoms with Crippen LogP contribution in [-0.4, -0.2) is 18.8 Å². The molecule has 2 rings (SSSR count). The van der Waals surface area contributed by atoms with Crippen molar-refractivity contribution in [3.8, 4) is 0 Å². The van der Waals surface area contributed by atoms with Crippen molar-refractivity contribution in [1.82, 2.24) is 5.32 Å². The summed E-state index contributed by atoms with van der Waals surface area (Å²) in [6.07, 6.45) is 4.76. The van der Waals surface area contributed by atoms with Crippen LogP contribution in [0.5, 0.6) is 0 Å². The highest BCUT2D eigenvalue weighted by molar-refractivity contribution is 5.31. The van der Waals surface area contributed by atoms with Crippen molar-refractivity contribution in [2.75, 3.05) is 13.2 Å². The highest BCUT2D eigenvalue weighted by atomic mass is 16.5. The molecule has 1 heterocycles. The van der Waals surface area contributed by atoms with Gasteiger partial charge in [0.15, 0.2) is 0 Å². The first-order valence-electron chi connectivity index (χ1n) is 7.60. The van der Waals surface area contributed by atoms with E-state index in [0.717, 1.165) is 26.0 Å². The molecular weight excluding hydrogens is 234 g/mol. The van der Waals surface area contributed by atoms with E-state index < -0.39 is 0 Å². The lowest BCUT2D eigenvalue weighted by molar-refractivity contribution is -0.0898. The van der Waals surface area contributed by atoms with Crippen LogP contribution in [0.4, 0.5) is 0 Å². The van der Waals surface area contributed by atoms with Gasteiger partial charge in [-0.05, 0) is 57.2 Å². The van der Waals surface area contributed by atoms with Gasteiger partial charge in [0.25, 0.3) is 0 Å². The molecule has 106 valence electrons. The first-order valence-corrected chi connectivity index (χ1v) is 7.60. The smallest absolute Gasteiger partial charge is 0.0848 e. The number of nitrogens with one attached hydrogen (secondary N) is 1. The summed E-state index contributed by atoms with van der Waals surface area (Å²) in [6, 6.07) is 8.98. The van der Waals surface area contributed by atoms with Gasteiger partial charge in [0, 0.05) is 6.61 Å². The number of hydrogen-bond acceptors (Lipinski definition) is 2. The summed E-state index contributed by atoms with van der Waals surface area (Å²) in [5.74, 6) is 0. The molecule has 0 aromatic heterocycles. The molecule has 1 aromatic carbocycles. The molecule has 1 aliphatic heterocycles. The number of aryl methyl sites for hydroxylation is 1. The van der Waals surface area contributed by atoms with Gasteiger partial charge in [0.05, 0.1) is 11.6 Å². The minimum atomic E-state index is -0.0699. The monoisotopic (exact) mass is 261 g/mol. The molecule has 0 radical (unpaired) electrons. The Bertz CT molecular complexity index is 396. The summed E-state index contributed by atoms with van der Waals surface area (Å²) in [5, 5.41) is 3.71. The van der Waals surface area contributed by atoms with Gasteiger partial charge in [-0.15, -0.1) is 0 Å². The Morgan fingerprint density at radius 2 is 2.11 bits per heavy atom. The van der Waals surface area contributed by atoms with Crippen molar-refractivity contribution in [3.63, 3.8) is 0 Å². The average Bonchev–Trinajstić information content (AvgIpc) is 2.42. The van der Waals surface area contributed by atoms with Crippen LogP contribution in [0, 0.1) is 6.92 Å². The van der Waals surface area contributed by atoms with Crippen LogP contribution in [-0.2, 0) is 4.74 Å². The first-order chi connectivity index (χ1) is 9.17. The number of rotatable bonds is 5. The van der Waals surface area contributed by atoms with Crippen LogP contribution >= 0.6 is 0 Å². The van der Waals surface area contributed by atoms with Crippen LogP contribution in [0.3, 0.4) is 0 Å². The van der Waals surface area contributed by atoms with Gasteiger partial charge in [0.1, 0.15) is 0 Å². The second kappa shape index (κ2) is 6.53. The average molecular weight is 261 g/mol. The molecule has 0 bridgehead atoms. The summed E-state index contributed by atoms with van der Waals surface area (Å²) in [6.45, 7) is 8.62. The highest BCUT2D eigenvalue weighted by Crippen LogP contribution is 2.37. The zero-order valence-electron chi connectivity index (χ0n) is 12.5. The van der Waals surface area contributed by atoms with Gasteiger partial charge in [-0.1, -0.05) is 31.2 Å². The van der Waals surface area contributed by atoms with Crippen LogP contribution < -0.4 is 5.32 Å². The van der Waals surface area contributed by atoms with E-state index in [0.29, 0.717) is 6.04 Å². The minimum absolute atomic E-state index is 0.0699. The molecule has 0 aliphatic carbocycles. The van der Waals surface area contributed by atoms with Crippen molar-refractivity contribution >= 4 is 0 Å². The van der Waals surface area contributed by atoms with Crippen LogP contribution in [0.25, 0.3) is 0 Å². The Kier molecular flexibility index (Phi) is 5.00. The zero-order valence-corrected chi connectivity index (χ0v) is 12.5. The molecule has 2 heteroatoms. The lowest BCUT2D eigenvalue weighted by Gasteiger charge is -2.42. The maximum absolute atomic E-state index is 6.17. The number of ether oxygens (including phenoxy) is 1. The summed E-state index contributed by atoms with van der Waals surface area (Å²) in [7, 11) is 0. The third-order valence-corrected chi connectivity index (χ3v) is 4.21. The first kappa shape index (κ1) is 14.5. The lowest BCUT2D eigenvalue weighted by Crippen LogP contribution is -2.46. The Labute approximate surface area is 117 Å². The fourth-order valence-electron chi connectivity index (χ4n) is 3.04. The van der Waals surface area contributed by atoms with Crippen LogP contribution in [0.2, 0.25) is 0 Å². The Hall–Kier alpha value is -0.860. The Morgan fingerprint density at radius 3 is 2.74 bits per heavy atom. The van der Waals surface area contributed by atoms with Crippen molar-refractivity contribution in [3.05, 3.63) is 35.4 Å². The van der Waals surface area contributed by atoms with Crippen LogP contribution in [0.15, 0.2) is 24.3 Å². The minimum Gasteiger partial charge on any atom is -0.373 e. The molecule has 0 spiro atoms. The molecule has 0 amide bonds. The van der Waals surface area contributed by atoms with E-state index in [2.05, 4.69) is 50.4 Å². The topological polar surface area (TPSA) is 21.3 Å². The van der Waals surface area contributed by atoms with E-state index in [9.17, 15) is 0 Å². The van der Waals surface area contributed by atoms with Gasteiger partial charge >= 0.3 is 0 Å². The van der Waals surface area contributed by atoms with Crippen LogP contribution in [0.1, 0.15) is 56.7 Å². The van der Waals surface area contributed by atoms with Crippen molar-refractivity contribution in [2.45, 2.75) is 58.1 Å². The van der Waals surface area contributed by atoms with Crippen molar-refractivity contribution in [2.24, 2.45) is 0 Å². The molecule has 0 saturated carbocycles. The molecule has 1 fully saturated rings. The molecule has 19 heavy (non-hydrogen) atoms. The van der Waals surface area contributed by atoms with E-state index in [1.165, 1.54) is 24.0 Å². The molecule has 1 N–H and O–H groups in total. The normalized spacial score (nSPS) is 25.2. The summed E-state index contributed by atoms with van der Waals surface area (Å²) >= 11 is 0.